The fourth-order valence-electron chi connectivity index (χ4n) is 8.46. The number of benzene rings is 8. The first-order valence-electron chi connectivity index (χ1n) is 24.1. The number of rotatable bonds is 8. The maximum absolute atomic E-state index is 9.01. The van der Waals surface area contributed by atoms with Gasteiger partial charge in [0.05, 0.1) is 13.7 Å². The molecule has 2 aliphatic heterocycles. The van der Waals surface area contributed by atoms with E-state index in [1.165, 1.54) is 15.6 Å². The van der Waals surface area contributed by atoms with Crippen molar-refractivity contribution in [2.75, 3.05) is 9.80 Å². The van der Waals surface area contributed by atoms with Crippen molar-refractivity contribution >= 4 is 51.6 Å². The maximum Gasteiger partial charge on any atom is 0.127 e. The summed E-state index contributed by atoms with van der Waals surface area (Å²) < 4.78 is 93.6. The van der Waals surface area contributed by atoms with Gasteiger partial charge in [-0.1, -0.05) is 187 Å². The monoisotopic (exact) mass is 991 g/mol. The second kappa shape index (κ2) is 16.7. The van der Waals surface area contributed by atoms with E-state index in [1.807, 2.05) is 71.8 Å². The van der Waals surface area contributed by atoms with Gasteiger partial charge in [0, 0.05) is 67.0 Å². The SMILES string of the molecule is C.[2H]c1c([2H])c([2H])c(-c2cccc(-c3c([2H])c([2H])c([2H])c([2H])c3[2H])c2N2[CH-]N(c3[c-]c(Oc4[c-]c5c(cc4)[Si](c4ccccc4)(c4ccccc4)c4cccnc4-5)ccc3)c3ccccc32)c([2H])c1[2H].[Pt]. The molecule has 8 aromatic carbocycles. The van der Waals surface area contributed by atoms with Crippen LogP contribution >= 0.6 is 0 Å². The Morgan fingerprint density at radius 1 is 0.541 bits per heavy atom. The molecule has 2 aliphatic rings. The van der Waals surface area contributed by atoms with Gasteiger partial charge in [0.25, 0.3) is 0 Å². The Hall–Kier alpha value is -6.78. The molecule has 11 rings (SSSR count). The van der Waals surface area contributed by atoms with Crippen molar-refractivity contribution in [1.82, 2.24) is 4.98 Å². The molecule has 0 amide bonds. The number of hydrogen-bond donors (Lipinski definition) is 0. The Kier molecular flexibility index (Phi) is 8.06. The Labute approximate surface area is 387 Å². The third-order valence-corrected chi connectivity index (χ3v) is 15.7. The van der Waals surface area contributed by atoms with E-state index in [1.54, 1.807) is 35.8 Å². The predicted octanol–water partition coefficient (Wildman–Crippen LogP) is 11.2. The zero-order valence-corrected chi connectivity index (χ0v) is 34.8. The second-order valence-corrected chi connectivity index (χ2v) is 17.8. The van der Waals surface area contributed by atoms with Gasteiger partial charge in [-0.2, -0.15) is 6.07 Å². The molecule has 0 aliphatic carbocycles. The average molecular weight is 992 g/mol. The van der Waals surface area contributed by atoms with Gasteiger partial charge in [0.15, 0.2) is 0 Å². The number of aromatic nitrogens is 1. The molecule has 1 aromatic heterocycles. The summed E-state index contributed by atoms with van der Waals surface area (Å²) in [5.41, 5.74) is 3.91. The van der Waals surface area contributed by atoms with Crippen molar-refractivity contribution in [2.24, 2.45) is 0 Å². The number of ether oxygens (including phenoxy) is 1. The van der Waals surface area contributed by atoms with Crippen LogP contribution in [0.1, 0.15) is 21.1 Å². The van der Waals surface area contributed by atoms with Crippen LogP contribution in [0.4, 0.5) is 22.7 Å². The fourth-order valence-corrected chi connectivity index (χ4v) is 13.5. The number of para-hydroxylation sites is 3. The molecule has 9 aromatic rings. The zero-order valence-electron chi connectivity index (χ0n) is 41.6. The molecule has 0 unspecified atom stereocenters. The van der Waals surface area contributed by atoms with Crippen LogP contribution in [-0.4, -0.2) is 13.1 Å². The van der Waals surface area contributed by atoms with E-state index in [4.69, 9.17) is 23.4 Å². The number of anilines is 4. The van der Waals surface area contributed by atoms with Gasteiger partial charge in [0.2, 0.25) is 0 Å². The van der Waals surface area contributed by atoms with E-state index >= 15 is 0 Å². The standard InChI is InChI=1S/C54H36N3OSi.CH4.Pt/c1-5-18-39(19-6-1)46-28-16-29-47(40-20-7-2-8-21-40)54(46)57-38-56(49-30-13-14-31-50(49)57)41-22-15-23-42(36-41)58-43-33-34-51-48(37-43)53-52(32-17-35-55-53)59(51,44-24-9-3-10-25-44)45-26-11-4-12-27-45;;/h1-35,38H;1H4;/q-3;;/i1D,2D,5D,6D,7D,8D,18D,19D,20D,21D;;. The molecule has 3 heterocycles. The van der Waals surface area contributed by atoms with Crippen LogP contribution in [0, 0.1) is 18.8 Å². The van der Waals surface area contributed by atoms with Gasteiger partial charge < -0.3 is 19.5 Å². The maximum atomic E-state index is 9.01. The fraction of sp³-hybridized carbons (Fsp3) is 0.0182. The van der Waals surface area contributed by atoms with Gasteiger partial charge in [0.1, 0.15) is 8.07 Å². The molecule has 61 heavy (non-hydrogen) atoms. The average Bonchev–Trinajstić information content (AvgIpc) is 3.91. The first-order valence-corrected chi connectivity index (χ1v) is 21.1. The minimum absolute atomic E-state index is 0. The number of nitrogens with zero attached hydrogens (tertiary/aromatic N) is 3. The molecule has 0 bridgehead atoms. The third-order valence-electron chi connectivity index (χ3n) is 10.9. The van der Waals surface area contributed by atoms with E-state index in [0.29, 0.717) is 28.6 Å². The van der Waals surface area contributed by atoms with Crippen LogP contribution in [0.3, 0.4) is 0 Å². The quantitative estimate of drug-likeness (QED) is 0.112. The molecule has 0 spiro atoms. The minimum atomic E-state index is -2.78. The Morgan fingerprint density at radius 3 is 1.75 bits per heavy atom. The molecule has 0 atom stereocenters. The van der Waals surface area contributed by atoms with Crippen molar-refractivity contribution in [3.8, 4) is 45.0 Å². The van der Waals surface area contributed by atoms with E-state index in [-0.39, 0.29) is 56.4 Å². The van der Waals surface area contributed by atoms with Gasteiger partial charge in [-0.3, -0.25) is 0 Å². The number of pyridine rings is 1. The molecular formula is C55H40N3OPtSi-3. The Balaban J connectivity index is 0.00000312. The smallest absolute Gasteiger partial charge is 0.127 e. The summed E-state index contributed by atoms with van der Waals surface area (Å²) in [6, 6.07) is 49.1. The van der Waals surface area contributed by atoms with Crippen LogP contribution in [0.2, 0.25) is 0 Å². The first-order chi connectivity index (χ1) is 33.4. The van der Waals surface area contributed by atoms with Crippen molar-refractivity contribution < 1.29 is 39.5 Å². The van der Waals surface area contributed by atoms with E-state index in [0.717, 1.165) is 16.4 Å². The second-order valence-electron chi connectivity index (χ2n) is 14.0. The summed E-state index contributed by atoms with van der Waals surface area (Å²) in [7, 11) is -2.78. The van der Waals surface area contributed by atoms with Gasteiger partial charge >= 0.3 is 0 Å². The Morgan fingerprint density at radius 2 is 1.11 bits per heavy atom. The normalized spacial score (nSPS) is 15.3. The largest absolute Gasteiger partial charge is 0.503 e. The molecule has 4 nitrogen and oxygen atoms in total. The summed E-state index contributed by atoms with van der Waals surface area (Å²) in [4.78, 5) is 8.55. The van der Waals surface area contributed by atoms with E-state index in [2.05, 4.69) is 72.8 Å². The molecular weight excluding hydrogens is 942 g/mol. The summed E-state index contributed by atoms with van der Waals surface area (Å²) >= 11 is 0. The zero-order chi connectivity index (χ0) is 47.9. The summed E-state index contributed by atoms with van der Waals surface area (Å²) in [5, 5.41) is 4.81. The first kappa shape index (κ1) is 29.4. The van der Waals surface area contributed by atoms with Crippen LogP contribution in [0.5, 0.6) is 11.5 Å². The predicted molar refractivity (Wildman–Crippen MR) is 250 cm³/mol. The van der Waals surface area contributed by atoms with Crippen LogP contribution < -0.4 is 35.3 Å². The van der Waals surface area contributed by atoms with Crippen LogP contribution in [0.15, 0.2) is 212 Å². The van der Waals surface area contributed by atoms with Crippen LogP contribution in [0.25, 0.3) is 33.5 Å². The molecule has 0 saturated carbocycles. The molecule has 0 N–H and O–H groups in total. The summed E-state index contributed by atoms with van der Waals surface area (Å²) in [6.45, 7) is 1.74. The number of fused-ring (bicyclic) bond motifs is 4. The molecule has 0 radical (unpaired) electrons. The third kappa shape index (κ3) is 6.71. The van der Waals surface area contributed by atoms with Crippen molar-refractivity contribution in [3.63, 3.8) is 0 Å². The number of hydrogen-bond acceptors (Lipinski definition) is 4. The van der Waals surface area contributed by atoms with Crippen molar-refractivity contribution in [1.29, 1.82) is 0 Å². The molecule has 0 fully saturated rings. The van der Waals surface area contributed by atoms with Crippen molar-refractivity contribution in [2.45, 2.75) is 7.43 Å². The van der Waals surface area contributed by atoms with Gasteiger partial charge in [-0.15, -0.1) is 53.4 Å². The van der Waals surface area contributed by atoms with Gasteiger partial charge in [-0.25, -0.2) is 0 Å². The van der Waals surface area contributed by atoms with E-state index < -0.39 is 68.5 Å². The summed E-state index contributed by atoms with van der Waals surface area (Å²) in [6.07, 6.45) is 1.81. The summed E-state index contributed by atoms with van der Waals surface area (Å²) in [5.74, 6) is 0.856. The minimum Gasteiger partial charge on any atom is -0.503 e. The molecule has 298 valence electrons. The topological polar surface area (TPSA) is 28.6 Å². The van der Waals surface area contributed by atoms with Gasteiger partial charge in [-0.05, 0) is 35.0 Å². The molecule has 6 heteroatoms. The van der Waals surface area contributed by atoms with Crippen molar-refractivity contribution in [3.05, 3.63) is 231 Å². The van der Waals surface area contributed by atoms with Crippen LogP contribution in [-0.2, 0) is 21.1 Å². The van der Waals surface area contributed by atoms with E-state index in [9.17, 15) is 0 Å². The Bertz CT molecular complexity index is 3380. The molecule has 0 saturated heterocycles.